The van der Waals surface area contributed by atoms with Gasteiger partial charge in [-0.2, -0.15) is 0 Å². The maximum Gasteiger partial charge on any atom is 0.222 e. The van der Waals surface area contributed by atoms with Gasteiger partial charge in [0.05, 0.1) is 5.69 Å². The van der Waals surface area contributed by atoms with E-state index >= 15 is 0 Å². The quantitative estimate of drug-likeness (QED) is 0.871. The van der Waals surface area contributed by atoms with Gasteiger partial charge in [-0.15, -0.1) is 5.10 Å². The molecule has 1 fully saturated rings. The Morgan fingerprint density at radius 2 is 2.20 bits per heavy atom. The molecule has 1 aromatic heterocycles. The summed E-state index contributed by atoms with van der Waals surface area (Å²) in [7, 11) is 0. The number of rotatable bonds is 6. The summed E-state index contributed by atoms with van der Waals surface area (Å²) >= 11 is 0. The van der Waals surface area contributed by atoms with Gasteiger partial charge >= 0.3 is 0 Å². The third kappa shape index (κ3) is 4.66. The summed E-state index contributed by atoms with van der Waals surface area (Å²) < 4.78 is 1.86. The van der Waals surface area contributed by atoms with E-state index in [2.05, 4.69) is 29.4 Å². The molecule has 6 heteroatoms. The average molecular weight is 341 g/mol. The van der Waals surface area contributed by atoms with Gasteiger partial charge in [0.25, 0.3) is 0 Å². The highest BCUT2D eigenvalue weighted by Gasteiger charge is 2.24. The first-order valence-electron chi connectivity index (χ1n) is 9.07. The Hall–Kier alpha value is -2.21. The number of amides is 1. The minimum Gasteiger partial charge on any atom is -0.342 e. The molecule has 1 aliphatic heterocycles. The number of nitrogens with zero attached hydrogens (tertiary/aromatic N) is 4. The van der Waals surface area contributed by atoms with Gasteiger partial charge in [-0.05, 0) is 43.2 Å². The highest BCUT2D eigenvalue weighted by Crippen LogP contribution is 2.20. The summed E-state index contributed by atoms with van der Waals surface area (Å²) in [5.41, 5.74) is 8.91. The number of hydrogen-bond donors (Lipinski definition) is 1. The Bertz CT molecular complexity index is 711. The number of carbonyl (C=O) groups excluding carboxylic acids is 1. The topological polar surface area (TPSA) is 77.0 Å². The van der Waals surface area contributed by atoms with Gasteiger partial charge in [-0.25, -0.2) is 0 Å². The Morgan fingerprint density at radius 1 is 1.36 bits per heavy atom. The zero-order valence-corrected chi connectivity index (χ0v) is 14.9. The second-order valence-corrected chi connectivity index (χ2v) is 6.91. The maximum absolute atomic E-state index is 12.6. The van der Waals surface area contributed by atoms with Gasteiger partial charge in [0.1, 0.15) is 0 Å². The highest BCUT2D eigenvalue weighted by molar-refractivity contribution is 5.76. The van der Waals surface area contributed by atoms with Crippen molar-refractivity contribution in [3.63, 3.8) is 0 Å². The molecule has 3 rings (SSSR count). The largest absolute Gasteiger partial charge is 0.342 e. The first-order valence-corrected chi connectivity index (χ1v) is 9.07. The molecule has 134 valence electrons. The number of likely N-dealkylation sites (tertiary alicyclic amines) is 1. The maximum atomic E-state index is 12.6. The van der Waals surface area contributed by atoms with Gasteiger partial charge in [0.15, 0.2) is 0 Å². The van der Waals surface area contributed by atoms with Crippen LogP contribution in [0, 0.1) is 12.8 Å². The van der Waals surface area contributed by atoms with Gasteiger partial charge in [0.2, 0.25) is 5.91 Å². The van der Waals surface area contributed by atoms with Crippen molar-refractivity contribution in [1.29, 1.82) is 0 Å². The predicted octanol–water partition coefficient (Wildman–Crippen LogP) is 1.92. The van der Waals surface area contributed by atoms with E-state index in [1.54, 1.807) is 0 Å². The standard InChI is InChI=1S/C19H27N5O/c1-15-5-2-3-7-17(15)8-9-19(25)23-10-4-6-16(12-23)13-24-14-18(11-20)21-22-24/h2-3,5,7,14,16H,4,6,8-13,20H2,1H3/t16-/m1/s1. The van der Waals surface area contributed by atoms with Crippen molar-refractivity contribution in [2.24, 2.45) is 11.7 Å². The minimum atomic E-state index is 0.259. The number of piperidine rings is 1. The molecule has 1 aliphatic rings. The number of carbonyl (C=O) groups is 1. The molecule has 25 heavy (non-hydrogen) atoms. The summed E-state index contributed by atoms with van der Waals surface area (Å²) in [4.78, 5) is 14.6. The number of nitrogens with two attached hydrogens (primary N) is 1. The predicted molar refractivity (Wildman–Crippen MR) is 96.7 cm³/mol. The molecule has 1 aromatic carbocycles. The molecule has 0 bridgehead atoms. The second kappa shape index (κ2) is 8.25. The van der Waals surface area contributed by atoms with E-state index in [1.807, 2.05) is 27.9 Å². The van der Waals surface area contributed by atoms with E-state index in [0.29, 0.717) is 18.9 Å². The number of aryl methyl sites for hydroxylation is 2. The lowest BCUT2D eigenvalue weighted by Gasteiger charge is -2.32. The van der Waals surface area contributed by atoms with Crippen molar-refractivity contribution in [1.82, 2.24) is 19.9 Å². The molecule has 1 amide bonds. The lowest BCUT2D eigenvalue weighted by atomic mass is 9.97. The molecule has 2 aromatic rings. The van der Waals surface area contributed by atoms with E-state index in [9.17, 15) is 4.79 Å². The normalized spacial score (nSPS) is 17.7. The number of benzene rings is 1. The molecule has 0 spiro atoms. The zero-order valence-electron chi connectivity index (χ0n) is 14.9. The lowest BCUT2D eigenvalue weighted by molar-refractivity contribution is -0.133. The van der Waals surface area contributed by atoms with Crippen LogP contribution >= 0.6 is 0 Å². The fourth-order valence-electron chi connectivity index (χ4n) is 3.52. The van der Waals surface area contributed by atoms with Crippen LogP contribution in [-0.4, -0.2) is 38.9 Å². The molecule has 2 heterocycles. The highest BCUT2D eigenvalue weighted by atomic mass is 16.2. The van der Waals surface area contributed by atoms with E-state index < -0.39 is 0 Å². The first-order chi connectivity index (χ1) is 12.2. The zero-order chi connectivity index (χ0) is 17.6. The van der Waals surface area contributed by atoms with Gasteiger partial charge in [-0.3, -0.25) is 9.48 Å². The van der Waals surface area contributed by atoms with Crippen LogP contribution in [0.25, 0.3) is 0 Å². The van der Waals surface area contributed by atoms with Gasteiger partial charge in [0, 0.05) is 38.8 Å². The molecular formula is C19H27N5O. The smallest absolute Gasteiger partial charge is 0.222 e. The lowest BCUT2D eigenvalue weighted by Crippen LogP contribution is -2.41. The number of hydrogen-bond acceptors (Lipinski definition) is 4. The van der Waals surface area contributed by atoms with Crippen LogP contribution in [0.3, 0.4) is 0 Å². The van der Waals surface area contributed by atoms with Crippen molar-refractivity contribution in [2.45, 2.75) is 45.7 Å². The molecular weight excluding hydrogens is 314 g/mol. The van der Waals surface area contributed by atoms with Crippen LogP contribution in [0.5, 0.6) is 0 Å². The van der Waals surface area contributed by atoms with Crippen molar-refractivity contribution in [3.05, 3.63) is 47.3 Å². The molecule has 0 aliphatic carbocycles. The van der Waals surface area contributed by atoms with Crippen LogP contribution in [0.2, 0.25) is 0 Å². The molecule has 1 atom stereocenters. The molecule has 2 N–H and O–H groups in total. The van der Waals surface area contributed by atoms with E-state index in [1.165, 1.54) is 11.1 Å². The first kappa shape index (κ1) is 17.6. The van der Waals surface area contributed by atoms with Gasteiger partial charge < -0.3 is 10.6 Å². The van der Waals surface area contributed by atoms with E-state index in [0.717, 1.165) is 44.6 Å². The summed E-state index contributed by atoms with van der Waals surface area (Å²) in [6.45, 7) is 4.99. The van der Waals surface area contributed by atoms with Crippen LogP contribution in [-0.2, 0) is 24.3 Å². The molecule has 0 radical (unpaired) electrons. The average Bonchev–Trinajstić information content (AvgIpc) is 3.08. The second-order valence-electron chi connectivity index (χ2n) is 6.91. The van der Waals surface area contributed by atoms with Crippen molar-refractivity contribution in [3.8, 4) is 0 Å². The summed E-state index contributed by atoms with van der Waals surface area (Å²) in [6, 6.07) is 8.29. The Morgan fingerprint density at radius 3 is 2.96 bits per heavy atom. The van der Waals surface area contributed by atoms with Crippen LogP contribution in [0.1, 0.15) is 36.1 Å². The Kier molecular flexibility index (Phi) is 5.81. The van der Waals surface area contributed by atoms with Crippen LogP contribution in [0.4, 0.5) is 0 Å². The molecule has 0 saturated carbocycles. The monoisotopic (exact) mass is 341 g/mol. The third-order valence-corrected chi connectivity index (χ3v) is 4.98. The van der Waals surface area contributed by atoms with E-state index in [4.69, 9.17) is 5.73 Å². The Balaban J connectivity index is 1.51. The van der Waals surface area contributed by atoms with Crippen LogP contribution in [0.15, 0.2) is 30.5 Å². The van der Waals surface area contributed by atoms with Crippen molar-refractivity contribution >= 4 is 5.91 Å². The van der Waals surface area contributed by atoms with Crippen molar-refractivity contribution < 1.29 is 4.79 Å². The summed E-state index contributed by atoms with van der Waals surface area (Å²) in [6.07, 6.45) is 5.48. The summed E-state index contributed by atoms with van der Waals surface area (Å²) in [5.74, 6) is 0.692. The molecule has 1 saturated heterocycles. The summed E-state index contributed by atoms with van der Waals surface area (Å²) in [5, 5.41) is 8.15. The Labute approximate surface area is 149 Å². The van der Waals surface area contributed by atoms with E-state index in [-0.39, 0.29) is 5.91 Å². The van der Waals surface area contributed by atoms with Crippen LogP contribution < -0.4 is 5.73 Å². The fourth-order valence-corrected chi connectivity index (χ4v) is 3.52. The van der Waals surface area contributed by atoms with Crippen molar-refractivity contribution in [2.75, 3.05) is 13.1 Å². The van der Waals surface area contributed by atoms with Gasteiger partial charge in [-0.1, -0.05) is 29.5 Å². The number of aromatic nitrogens is 3. The SMILES string of the molecule is Cc1ccccc1CCC(=O)N1CCC[C@@H](Cn2cc(CN)nn2)C1. The third-order valence-electron chi connectivity index (χ3n) is 4.98. The molecule has 0 unspecified atom stereocenters. The minimum absolute atomic E-state index is 0.259. The fraction of sp³-hybridized carbons (Fsp3) is 0.526. The molecule has 6 nitrogen and oxygen atoms in total.